The Morgan fingerprint density at radius 2 is 2.18 bits per heavy atom. The summed E-state index contributed by atoms with van der Waals surface area (Å²) in [4.78, 5) is 2.29. The number of likely N-dealkylation sites (tertiary alicyclic amines) is 1. The molecule has 1 atom stereocenters. The molecule has 1 heterocycles. The van der Waals surface area contributed by atoms with Crippen LogP contribution in [0.3, 0.4) is 0 Å². The molecule has 1 aliphatic heterocycles. The summed E-state index contributed by atoms with van der Waals surface area (Å²) in [6.07, 6.45) is 3.29. The Labute approximate surface area is 66.6 Å². The molecule has 0 aromatic rings. The van der Waals surface area contributed by atoms with Gasteiger partial charge < -0.3 is 10.2 Å². The van der Waals surface area contributed by atoms with E-state index in [1.54, 1.807) is 0 Å². The van der Waals surface area contributed by atoms with Crippen LogP contribution in [-0.2, 0) is 0 Å². The number of rotatable bonds is 2. The van der Waals surface area contributed by atoms with Crippen LogP contribution >= 0.6 is 0 Å². The minimum atomic E-state index is -0.789. The van der Waals surface area contributed by atoms with Gasteiger partial charge in [0.25, 0.3) is 0 Å². The summed E-state index contributed by atoms with van der Waals surface area (Å²) >= 11 is 0. The normalized spacial score (nSPS) is 39.8. The van der Waals surface area contributed by atoms with E-state index in [0.717, 1.165) is 19.0 Å². The number of hydrogen-bond acceptors (Lipinski definition) is 3. The lowest BCUT2D eigenvalue weighted by atomic mass is 10.1. The summed E-state index contributed by atoms with van der Waals surface area (Å²) in [6, 6.07) is 0.718. The number of aliphatic hydroxyl groups excluding tert-OH is 1. The molecule has 0 bridgehead atoms. The molecular weight excluding hydrogens is 142 g/mol. The van der Waals surface area contributed by atoms with Crippen LogP contribution in [0.5, 0.6) is 0 Å². The standard InChI is InChI=1S/C8H15NO2/c10-6-8(11)3-4-9(5-8)7-1-2-7/h7,10-11H,1-6H2. The van der Waals surface area contributed by atoms with Crippen molar-refractivity contribution in [3.63, 3.8) is 0 Å². The van der Waals surface area contributed by atoms with Gasteiger partial charge in [0.1, 0.15) is 5.60 Å². The second-order valence-corrected chi connectivity index (χ2v) is 3.83. The van der Waals surface area contributed by atoms with Gasteiger partial charge >= 0.3 is 0 Å². The van der Waals surface area contributed by atoms with E-state index in [-0.39, 0.29) is 6.61 Å². The van der Waals surface area contributed by atoms with Crippen LogP contribution in [0.15, 0.2) is 0 Å². The van der Waals surface area contributed by atoms with E-state index in [9.17, 15) is 5.11 Å². The van der Waals surface area contributed by atoms with Crippen molar-refractivity contribution in [2.24, 2.45) is 0 Å². The summed E-state index contributed by atoms with van der Waals surface area (Å²) < 4.78 is 0. The lowest BCUT2D eigenvalue weighted by Crippen LogP contribution is -2.37. The Morgan fingerprint density at radius 1 is 1.45 bits per heavy atom. The zero-order valence-corrected chi connectivity index (χ0v) is 6.66. The van der Waals surface area contributed by atoms with E-state index >= 15 is 0 Å². The Kier molecular flexibility index (Phi) is 1.67. The Bertz CT molecular complexity index is 158. The summed E-state index contributed by atoms with van der Waals surface area (Å²) in [6.45, 7) is 1.55. The van der Waals surface area contributed by atoms with Gasteiger partial charge in [0.15, 0.2) is 0 Å². The fraction of sp³-hybridized carbons (Fsp3) is 1.00. The quantitative estimate of drug-likeness (QED) is 0.572. The summed E-state index contributed by atoms with van der Waals surface area (Å²) in [5, 5.41) is 18.5. The summed E-state index contributed by atoms with van der Waals surface area (Å²) in [7, 11) is 0. The van der Waals surface area contributed by atoms with Crippen molar-refractivity contribution < 1.29 is 10.2 Å². The molecule has 2 rings (SSSR count). The summed E-state index contributed by atoms with van der Waals surface area (Å²) in [5.41, 5.74) is -0.789. The SMILES string of the molecule is OCC1(O)CCN(C2CC2)C1. The molecule has 3 heteroatoms. The third kappa shape index (κ3) is 1.41. The minimum absolute atomic E-state index is 0.0871. The van der Waals surface area contributed by atoms with Crippen molar-refractivity contribution in [1.82, 2.24) is 4.90 Å². The van der Waals surface area contributed by atoms with Gasteiger partial charge in [0.05, 0.1) is 6.61 Å². The number of aliphatic hydroxyl groups is 2. The third-order valence-electron chi connectivity index (χ3n) is 2.72. The first-order chi connectivity index (χ1) is 5.23. The molecule has 11 heavy (non-hydrogen) atoms. The average molecular weight is 157 g/mol. The lowest BCUT2D eigenvalue weighted by Gasteiger charge is -2.20. The molecule has 0 amide bonds. The van der Waals surface area contributed by atoms with Gasteiger partial charge in [0.2, 0.25) is 0 Å². The minimum Gasteiger partial charge on any atom is -0.393 e. The van der Waals surface area contributed by atoms with Gasteiger partial charge in [0, 0.05) is 19.1 Å². The second-order valence-electron chi connectivity index (χ2n) is 3.83. The Morgan fingerprint density at radius 3 is 2.64 bits per heavy atom. The first-order valence-electron chi connectivity index (χ1n) is 4.31. The largest absolute Gasteiger partial charge is 0.393 e. The van der Waals surface area contributed by atoms with Crippen molar-refractivity contribution in [2.45, 2.75) is 30.9 Å². The number of hydrogen-bond donors (Lipinski definition) is 2. The van der Waals surface area contributed by atoms with E-state index in [0.29, 0.717) is 6.54 Å². The van der Waals surface area contributed by atoms with Gasteiger partial charge in [-0.25, -0.2) is 0 Å². The van der Waals surface area contributed by atoms with Crippen LogP contribution in [0.1, 0.15) is 19.3 Å². The van der Waals surface area contributed by atoms with Crippen molar-refractivity contribution in [3.05, 3.63) is 0 Å². The van der Waals surface area contributed by atoms with Crippen LogP contribution in [-0.4, -0.2) is 46.5 Å². The second kappa shape index (κ2) is 2.44. The van der Waals surface area contributed by atoms with Crippen LogP contribution in [0, 0.1) is 0 Å². The van der Waals surface area contributed by atoms with Crippen molar-refractivity contribution in [1.29, 1.82) is 0 Å². The molecule has 0 aromatic heterocycles. The highest BCUT2D eigenvalue weighted by atomic mass is 16.3. The fourth-order valence-electron chi connectivity index (χ4n) is 1.77. The smallest absolute Gasteiger partial charge is 0.102 e. The number of nitrogens with zero attached hydrogens (tertiary/aromatic N) is 1. The van der Waals surface area contributed by atoms with E-state index in [1.807, 2.05) is 0 Å². The monoisotopic (exact) mass is 157 g/mol. The third-order valence-corrected chi connectivity index (χ3v) is 2.72. The maximum Gasteiger partial charge on any atom is 0.102 e. The van der Waals surface area contributed by atoms with Crippen molar-refractivity contribution in [2.75, 3.05) is 19.7 Å². The highest BCUT2D eigenvalue weighted by molar-refractivity contribution is 4.96. The van der Waals surface area contributed by atoms with Crippen LogP contribution in [0.2, 0.25) is 0 Å². The van der Waals surface area contributed by atoms with Gasteiger partial charge in [-0.3, -0.25) is 4.90 Å². The van der Waals surface area contributed by atoms with Crippen molar-refractivity contribution >= 4 is 0 Å². The molecule has 1 unspecified atom stereocenters. The predicted octanol–water partition coefficient (Wildman–Crippen LogP) is -0.422. The Hall–Kier alpha value is -0.120. The first-order valence-corrected chi connectivity index (χ1v) is 4.31. The molecule has 3 nitrogen and oxygen atoms in total. The van der Waals surface area contributed by atoms with Gasteiger partial charge in [-0.15, -0.1) is 0 Å². The molecule has 2 N–H and O–H groups in total. The van der Waals surface area contributed by atoms with E-state index in [4.69, 9.17) is 5.11 Å². The highest BCUT2D eigenvalue weighted by Crippen LogP contribution is 2.32. The molecule has 0 spiro atoms. The average Bonchev–Trinajstić information content (AvgIpc) is 2.77. The van der Waals surface area contributed by atoms with Crippen molar-refractivity contribution in [3.8, 4) is 0 Å². The zero-order valence-electron chi connectivity index (χ0n) is 6.66. The van der Waals surface area contributed by atoms with E-state index in [1.165, 1.54) is 12.8 Å². The topological polar surface area (TPSA) is 43.7 Å². The molecule has 1 aliphatic carbocycles. The molecular formula is C8H15NO2. The van der Waals surface area contributed by atoms with Gasteiger partial charge in [-0.05, 0) is 19.3 Å². The zero-order chi connectivity index (χ0) is 7.90. The molecule has 2 aliphatic rings. The first kappa shape index (κ1) is 7.53. The molecule has 0 aromatic carbocycles. The van der Waals surface area contributed by atoms with E-state index < -0.39 is 5.60 Å². The van der Waals surface area contributed by atoms with Gasteiger partial charge in [-0.1, -0.05) is 0 Å². The lowest BCUT2D eigenvalue weighted by molar-refractivity contribution is -0.00584. The predicted molar refractivity (Wildman–Crippen MR) is 41.2 cm³/mol. The molecule has 1 saturated carbocycles. The Balaban J connectivity index is 1.91. The van der Waals surface area contributed by atoms with Crippen LogP contribution in [0.4, 0.5) is 0 Å². The van der Waals surface area contributed by atoms with E-state index in [2.05, 4.69) is 4.90 Å². The van der Waals surface area contributed by atoms with Crippen LogP contribution in [0.25, 0.3) is 0 Å². The van der Waals surface area contributed by atoms with Gasteiger partial charge in [-0.2, -0.15) is 0 Å². The van der Waals surface area contributed by atoms with Crippen LogP contribution < -0.4 is 0 Å². The summed E-state index contributed by atoms with van der Waals surface area (Å²) in [5.74, 6) is 0. The maximum absolute atomic E-state index is 9.66. The number of β-amino-alcohol motifs (C(OH)–C–C–N with tert-alkyl or cyclic N) is 1. The maximum atomic E-state index is 9.66. The molecule has 1 saturated heterocycles. The molecule has 0 radical (unpaired) electrons. The highest BCUT2D eigenvalue weighted by Gasteiger charge is 2.41. The molecule has 2 fully saturated rings. The fourth-order valence-corrected chi connectivity index (χ4v) is 1.77. The molecule has 64 valence electrons.